The van der Waals surface area contributed by atoms with Gasteiger partial charge in [0.15, 0.2) is 0 Å². The van der Waals surface area contributed by atoms with Crippen LogP contribution in [0.4, 0.5) is 4.39 Å². The van der Waals surface area contributed by atoms with E-state index >= 15 is 0 Å². The Kier molecular flexibility index (Phi) is 2.55. The molecule has 3 nitrogen and oxygen atoms in total. The lowest BCUT2D eigenvalue weighted by atomic mass is 10.1. The van der Waals surface area contributed by atoms with E-state index in [4.69, 9.17) is 5.73 Å². The summed E-state index contributed by atoms with van der Waals surface area (Å²) in [6, 6.07) is 10.4. The molecule has 4 rings (SSSR count). The van der Waals surface area contributed by atoms with E-state index in [0.29, 0.717) is 17.0 Å². The second-order valence-corrected chi connectivity index (χ2v) is 5.75. The predicted molar refractivity (Wildman–Crippen MR) is 80.6 cm³/mol. The fourth-order valence-electron chi connectivity index (χ4n) is 3.11. The van der Waals surface area contributed by atoms with Crippen molar-refractivity contribution in [2.45, 2.75) is 19.4 Å². The minimum absolute atomic E-state index is 0.250. The molecule has 2 aromatic carbocycles. The van der Waals surface area contributed by atoms with Crippen molar-refractivity contribution in [2.24, 2.45) is 11.7 Å². The number of amides is 1. The summed E-state index contributed by atoms with van der Waals surface area (Å²) in [5.41, 5.74) is 7.41. The highest BCUT2D eigenvalue weighted by Crippen LogP contribution is 2.37. The highest BCUT2D eigenvalue weighted by molar-refractivity contribution is 6.17. The molecule has 0 spiro atoms. The van der Waals surface area contributed by atoms with Crippen molar-refractivity contribution in [3.63, 3.8) is 0 Å². The number of para-hydroxylation sites is 1. The highest BCUT2D eigenvalue weighted by Gasteiger charge is 2.25. The zero-order valence-corrected chi connectivity index (χ0v) is 11.5. The lowest BCUT2D eigenvalue weighted by Gasteiger charge is -2.07. The number of carbonyl (C=O) groups excluding carboxylic acids is 1. The van der Waals surface area contributed by atoms with Gasteiger partial charge in [0.2, 0.25) is 5.91 Å². The molecule has 106 valence electrons. The maximum Gasteiger partial charge on any atom is 0.249 e. The number of aromatic nitrogens is 1. The number of hydrogen-bond donors (Lipinski definition) is 1. The third-order valence-corrected chi connectivity index (χ3v) is 4.26. The first-order chi connectivity index (χ1) is 10.2. The zero-order valence-electron chi connectivity index (χ0n) is 11.5. The fraction of sp³-hybridized carbons (Fsp3) is 0.235. The summed E-state index contributed by atoms with van der Waals surface area (Å²) in [5, 5.41) is 1.53. The molecule has 1 amide bonds. The van der Waals surface area contributed by atoms with Crippen molar-refractivity contribution in [1.29, 1.82) is 0 Å². The van der Waals surface area contributed by atoms with Gasteiger partial charge in [-0.3, -0.25) is 4.79 Å². The first-order valence-electron chi connectivity index (χ1n) is 7.16. The van der Waals surface area contributed by atoms with Crippen molar-refractivity contribution in [1.82, 2.24) is 4.57 Å². The Bertz CT molecular complexity index is 877. The Morgan fingerprint density at radius 2 is 2.00 bits per heavy atom. The molecule has 0 bridgehead atoms. The van der Waals surface area contributed by atoms with Crippen LogP contribution < -0.4 is 5.73 Å². The van der Waals surface area contributed by atoms with E-state index in [1.54, 1.807) is 12.1 Å². The maximum atomic E-state index is 14.4. The van der Waals surface area contributed by atoms with Crippen LogP contribution in [0.25, 0.3) is 21.8 Å². The molecule has 1 aromatic heterocycles. The quantitative estimate of drug-likeness (QED) is 0.786. The number of fused-ring (bicyclic) bond motifs is 3. The first kappa shape index (κ1) is 12.4. The van der Waals surface area contributed by atoms with Crippen molar-refractivity contribution < 1.29 is 9.18 Å². The highest BCUT2D eigenvalue weighted by atomic mass is 19.1. The van der Waals surface area contributed by atoms with Crippen LogP contribution in [0, 0.1) is 11.7 Å². The normalized spacial score (nSPS) is 14.9. The summed E-state index contributed by atoms with van der Waals surface area (Å²) in [5.74, 6) is -0.115. The fourth-order valence-corrected chi connectivity index (χ4v) is 3.11. The van der Waals surface area contributed by atoms with Gasteiger partial charge in [-0.15, -0.1) is 0 Å². The molecular formula is C17H15FN2O. The minimum Gasteiger partial charge on any atom is -0.366 e. The van der Waals surface area contributed by atoms with Crippen LogP contribution in [0.3, 0.4) is 0 Å². The SMILES string of the molecule is NC(=O)c1cccc2c1c1cccc(F)c1n2CC1CC1. The number of halogens is 1. The third kappa shape index (κ3) is 1.82. The Labute approximate surface area is 121 Å². The van der Waals surface area contributed by atoms with Crippen LogP contribution in [0.2, 0.25) is 0 Å². The van der Waals surface area contributed by atoms with E-state index in [1.807, 2.05) is 22.8 Å². The largest absolute Gasteiger partial charge is 0.366 e. The van der Waals surface area contributed by atoms with E-state index in [1.165, 1.54) is 18.9 Å². The van der Waals surface area contributed by atoms with E-state index in [0.717, 1.165) is 22.8 Å². The van der Waals surface area contributed by atoms with Crippen LogP contribution in [0.15, 0.2) is 36.4 Å². The van der Waals surface area contributed by atoms with Gasteiger partial charge in [-0.25, -0.2) is 4.39 Å². The topological polar surface area (TPSA) is 48.0 Å². The summed E-state index contributed by atoms with van der Waals surface area (Å²) < 4.78 is 16.4. The number of hydrogen-bond acceptors (Lipinski definition) is 1. The van der Waals surface area contributed by atoms with Crippen LogP contribution in [0.5, 0.6) is 0 Å². The Morgan fingerprint density at radius 1 is 1.24 bits per heavy atom. The molecule has 0 unspecified atom stereocenters. The standard InChI is InChI=1S/C17H15FN2O/c18-13-5-1-3-11-15-12(17(19)21)4-2-6-14(15)20(16(11)13)9-10-7-8-10/h1-6,10H,7-9H2,(H2,19,21). The summed E-state index contributed by atoms with van der Waals surface area (Å²) in [7, 11) is 0. The molecule has 0 aliphatic heterocycles. The molecule has 1 saturated carbocycles. The van der Waals surface area contributed by atoms with Gasteiger partial charge in [-0.05, 0) is 37.0 Å². The van der Waals surface area contributed by atoms with Crippen LogP contribution >= 0.6 is 0 Å². The summed E-state index contributed by atoms with van der Waals surface area (Å²) in [6.07, 6.45) is 2.37. The lowest BCUT2D eigenvalue weighted by Crippen LogP contribution is -2.11. The molecule has 1 fully saturated rings. The van der Waals surface area contributed by atoms with E-state index < -0.39 is 5.91 Å². The molecule has 0 radical (unpaired) electrons. The minimum atomic E-state index is -0.477. The van der Waals surface area contributed by atoms with Gasteiger partial charge in [-0.2, -0.15) is 0 Å². The van der Waals surface area contributed by atoms with Crippen molar-refractivity contribution in [3.05, 3.63) is 47.8 Å². The zero-order chi connectivity index (χ0) is 14.6. The van der Waals surface area contributed by atoms with Crippen LogP contribution in [-0.4, -0.2) is 10.5 Å². The molecule has 1 aliphatic rings. The number of primary amides is 1. The number of nitrogens with two attached hydrogens (primary N) is 1. The van der Waals surface area contributed by atoms with Crippen molar-refractivity contribution in [3.8, 4) is 0 Å². The molecule has 2 N–H and O–H groups in total. The molecule has 3 aromatic rings. The summed E-state index contributed by atoms with van der Waals surface area (Å²) in [4.78, 5) is 11.7. The maximum absolute atomic E-state index is 14.4. The average molecular weight is 282 g/mol. The summed E-state index contributed by atoms with van der Waals surface area (Å²) >= 11 is 0. The van der Waals surface area contributed by atoms with E-state index in [2.05, 4.69) is 0 Å². The monoisotopic (exact) mass is 282 g/mol. The molecular weight excluding hydrogens is 267 g/mol. The van der Waals surface area contributed by atoms with Gasteiger partial charge >= 0.3 is 0 Å². The molecule has 4 heteroatoms. The molecule has 21 heavy (non-hydrogen) atoms. The average Bonchev–Trinajstić information content (AvgIpc) is 3.22. The van der Waals surface area contributed by atoms with E-state index in [-0.39, 0.29) is 5.82 Å². The van der Waals surface area contributed by atoms with Crippen LogP contribution in [-0.2, 0) is 6.54 Å². The van der Waals surface area contributed by atoms with E-state index in [9.17, 15) is 9.18 Å². The number of nitrogens with zero attached hydrogens (tertiary/aromatic N) is 1. The second kappa shape index (κ2) is 4.32. The lowest BCUT2D eigenvalue weighted by molar-refractivity contribution is 0.100. The van der Waals surface area contributed by atoms with Gasteiger partial charge in [-0.1, -0.05) is 18.2 Å². The Hall–Kier alpha value is -2.36. The summed E-state index contributed by atoms with van der Waals surface area (Å²) in [6.45, 7) is 0.795. The van der Waals surface area contributed by atoms with Gasteiger partial charge < -0.3 is 10.3 Å². The number of rotatable bonds is 3. The van der Waals surface area contributed by atoms with Crippen molar-refractivity contribution in [2.75, 3.05) is 0 Å². The first-order valence-corrected chi connectivity index (χ1v) is 7.16. The smallest absolute Gasteiger partial charge is 0.249 e. The van der Waals surface area contributed by atoms with Gasteiger partial charge in [0.1, 0.15) is 5.82 Å². The van der Waals surface area contributed by atoms with Gasteiger partial charge in [0, 0.05) is 28.4 Å². The van der Waals surface area contributed by atoms with Crippen molar-refractivity contribution >= 4 is 27.7 Å². The molecule has 0 atom stereocenters. The molecule has 0 saturated heterocycles. The Morgan fingerprint density at radius 3 is 2.71 bits per heavy atom. The predicted octanol–water partition coefficient (Wildman–Crippen LogP) is 3.44. The Balaban J connectivity index is 2.16. The van der Waals surface area contributed by atoms with Gasteiger partial charge in [0.05, 0.1) is 5.52 Å². The number of benzene rings is 2. The van der Waals surface area contributed by atoms with Gasteiger partial charge in [0.25, 0.3) is 0 Å². The molecule has 1 aliphatic carbocycles. The molecule has 1 heterocycles. The number of carbonyl (C=O) groups is 1. The second-order valence-electron chi connectivity index (χ2n) is 5.75. The third-order valence-electron chi connectivity index (χ3n) is 4.26. The van der Waals surface area contributed by atoms with Crippen LogP contribution in [0.1, 0.15) is 23.2 Å².